The Morgan fingerprint density at radius 3 is 2.59 bits per heavy atom. The molecule has 7 heteroatoms. The molecular weight excluding hydrogens is 338 g/mol. The van der Waals surface area contributed by atoms with Crippen LogP contribution in [0.4, 0.5) is 23.3 Å². The molecule has 0 saturated heterocycles. The number of rotatable bonds is 5. The normalized spacial score (nSPS) is 11.1. The van der Waals surface area contributed by atoms with Crippen molar-refractivity contribution in [3.05, 3.63) is 53.3 Å². The molecule has 0 atom stereocenters. The lowest BCUT2D eigenvalue weighted by molar-refractivity contribution is 0.687. The summed E-state index contributed by atoms with van der Waals surface area (Å²) in [5.74, 6) is 2.05. The predicted molar refractivity (Wildman–Crippen MR) is 106 cm³/mol. The van der Waals surface area contributed by atoms with E-state index in [1.165, 1.54) is 0 Å². The first kappa shape index (κ1) is 18.4. The molecule has 27 heavy (non-hydrogen) atoms. The lowest BCUT2D eigenvalue weighted by Gasteiger charge is -2.17. The number of nitrogens with zero attached hydrogens (tertiary/aromatic N) is 5. The molecular formula is C20H23N7. The maximum atomic E-state index is 9.34. The van der Waals surface area contributed by atoms with Gasteiger partial charge < -0.3 is 10.6 Å². The zero-order valence-corrected chi connectivity index (χ0v) is 16.2. The number of hydrogen-bond donors (Lipinski definition) is 2. The van der Waals surface area contributed by atoms with Crippen molar-refractivity contribution >= 4 is 23.3 Å². The molecule has 138 valence electrons. The molecule has 2 N–H and O–H groups in total. The summed E-state index contributed by atoms with van der Waals surface area (Å²) in [5.41, 5.74) is 3.27. The number of nitriles is 1. The second-order valence-electron chi connectivity index (χ2n) is 7.02. The number of hydrogen-bond acceptors (Lipinski definition) is 6. The van der Waals surface area contributed by atoms with Crippen LogP contribution in [0.15, 0.2) is 36.5 Å². The molecule has 0 unspecified atom stereocenters. The molecule has 0 bridgehead atoms. The minimum Gasteiger partial charge on any atom is -0.325 e. The van der Waals surface area contributed by atoms with Gasteiger partial charge in [0.25, 0.3) is 0 Å². The first-order chi connectivity index (χ1) is 12.8. The van der Waals surface area contributed by atoms with Gasteiger partial charge >= 0.3 is 0 Å². The summed E-state index contributed by atoms with van der Waals surface area (Å²) in [6, 6.07) is 11.9. The molecule has 2 aromatic heterocycles. The highest BCUT2D eigenvalue weighted by molar-refractivity contribution is 5.60. The van der Waals surface area contributed by atoms with E-state index in [9.17, 15) is 5.26 Å². The summed E-state index contributed by atoms with van der Waals surface area (Å²) >= 11 is 0. The van der Waals surface area contributed by atoms with Crippen LogP contribution in [0.1, 0.15) is 30.7 Å². The van der Waals surface area contributed by atoms with Crippen LogP contribution in [0.25, 0.3) is 0 Å². The van der Waals surface area contributed by atoms with Gasteiger partial charge in [-0.1, -0.05) is 12.1 Å². The van der Waals surface area contributed by atoms with Gasteiger partial charge in [0.15, 0.2) is 0 Å². The SMILES string of the molecule is Cc1nn(C)c(Nc2ccnc(Nc3cccc(C(C)(C)C#N)c3)n2)c1C. The molecule has 0 saturated carbocycles. The van der Waals surface area contributed by atoms with Crippen LogP contribution < -0.4 is 10.6 Å². The lowest BCUT2D eigenvalue weighted by Crippen LogP contribution is -2.13. The first-order valence-electron chi connectivity index (χ1n) is 8.69. The molecule has 0 amide bonds. The van der Waals surface area contributed by atoms with Crippen LogP contribution in [0, 0.1) is 25.2 Å². The molecule has 1 aromatic carbocycles. The highest BCUT2D eigenvalue weighted by Gasteiger charge is 2.19. The average molecular weight is 361 g/mol. The van der Waals surface area contributed by atoms with Gasteiger partial charge in [-0.2, -0.15) is 15.3 Å². The van der Waals surface area contributed by atoms with Crippen LogP contribution in [-0.2, 0) is 12.5 Å². The highest BCUT2D eigenvalue weighted by Crippen LogP contribution is 2.26. The third kappa shape index (κ3) is 3.90. The predicted octanol–water partition coefficient (Wildman–Crippen LogP) is 4.12. The molecule has 0 spiro atoms. The van der Waals surface area contributed by atoms with E-state index in [1.807, 2.05) is 65.1 Å². The Morgan fingerprint density at radius 1 is 1.15 bits per heavy atom. The smallest absolute Gasteiger partial charge is 0.229 e. The molecule has 7 nitrogen and oxygen atoms in total. The number of aromatic nitrogens is 4. The zero-order chi connectivity index (χ0) is 19.6. The third-order valence-corrected chi connectivity index (χ3v) is 4.54. The third-order valence-electron chi connectivity index (χ3n) is 4.54. The van der Waals surface area contributed by atoms with Gasteiger partial charge in [-0.3, -0.25) is 4.68 Å². The molecule has 2 heterocycles. The monoisotopic (exact) mass is 361 g/mol. The molecule has 3 aromatic rings. The number of aryl methyl sites for hydroxylation is 2. The molecule has 0 aliphatic rings. The van der Waals surface area contributed by atoms with Crippen LogP contribution >= 0.6 is 0 Å². The van der Waals surface area contributed by atoms with Crippen LogP contribution in [-0.4, -0.2) is 19.7 Å². The van der Waals surface area contributed by atoms with E-state index in [2.05, 4.69) is 31.8 Å². The van der Waals surface area contributed by atoms with Gasteiger partial charge in [-0.05, 0) is 51.5 Å². The Kier molecular flexibility index (Phi) is 4.82. The second kappa shape index (κ2) is 7.08. The zero-order valence-electron chi connectivity index (χ0n) is 16.2. The van der Waals surface area contributed by atoms with Crippen molar-refractivity contribution < 1.29 is 0 Å². The molecule has 0 fully saturated rings. The van der Waals surface area contributed by atoms with Crippen LogP contribution in [0.5, 0.6) is 0 Å². The van der Waals surface area contributed by atoms with E-state index in [-0.39, 0.29) is 0 Å². The Hall–Kier alpha value is -3.40. The Balaban J connectivity index is 1.83. The van der Waals surface area contributed by atoms with Gasteiger partial charge in [0.05, 0.1) is 17.2 Å². The maximum absolute atomic E-state index is 9.34. The number of anilines is 4. The van der Waals surface area contributed by atoms with Crippen molar-refractivity contribution in [2.75, 3.05) is 10.6 Å². The highest BCUT2D eigenvalue weighted by atomic mass is 15.3. The minimum atomic E-state index is -0.559. The van der Waals surface area contributed by atoms with E-state index < -0.39 is 5.41 Å². The first-order valence-corrected chi connectivity index (χ1v) is 8.69. The minimum absolute atomic E-state index is 0.475. The second-order valence-corrected chi connectivity index (χ2v) is 7.02. The van der Waals surface area contributed by atoms with Crippen LogP contribution in [0.3, 0.4) is 0 Å². The van der Waals surface area contributed by atoms with Gasteiger partial charge in [0.2, 0.25) is 5.95 Å². The fourth-order valence-corrected chi connectivity index (χ4v) is 2.73. The summed E-state index contributed by atoms with van der Waals surface area (Å²) in [6.45, 7) is 7.79. The largest absolute Gasteiger partial charge is 0.325 e. The van der Waals surface area contributed by atoms with Crippen LogP contribution in [0.2, 0.25) is 0 Å². The van der Waals surface area contributed by atoms with Crippen molar-refractivity contribution in [3.63, 3.8) is 0 Å². The summed E-state index contributed by atoms with van der Waals surface area (Å²) in [7, 11) is 1.89. The molecule has 0 aliphatic carbocycles. The van der Waals surface area contributed by atoms with E-state index in [1.54, 1.807) is 10.9 Å². The van der Waals surface area contributed by atoms with E-state index in [4.69, 9.17) is 0 Å². The van der Waals surface area contributed by atoms with Crippen molar-refractivity contribution in [2.24, 2.45) is 7.05 Å². The van der Waals surface area contributed by atoms with Gasteiger partial charge in [-0.15, -0.1) is 0 Å². The fourth-order valence-electron chi connectivity index (χ4n) is 2.73. The Bertz CT molecular complexity index is 1010. The van der Waals surface area contributed by atoms with E-state index >= 15 is 0 Å². The summed E-state index contributed by atoms with van der Waals surface area (Å²) in [6.07, 6.45) is 1.69. The Morgan fingerprint density at radius 2 is 1.93 bits per heavy atom. The van der Waals surface area contributed by atoms with Crippen molar-refractivity contribution in [3.8, 4) is 6.07 Å². The summed E-state index contributed by atoms with van der Waals surface area (Å²) in [4.78, 5) is 8.82. The number of benzene rings is 1. The quantitative estimate of drug-likeness (QED) is 0.710. The standard InChI is InChI=1S/C20H23N7/c1-13-14(2)26-27(5)18(13)24-17-9-10-22-19(25-17)23-16-8-6-7-15(11-16)20(3,4)12-21/h6-11H,1-5H3,(H2,22,23,24,25). The van der Waals surface area contributed by atoms with Gasteiger partial charge in [0, 0.05) is 24.5 Å². The Labute approximate surface area is 159 Å². The number of nitrogens with one attached hydrogen (secondary N) is 2. The van der Waals surface area contributed by atoms with E-state index in [0.29, 0.717) is 11.8 Å². The van der Waals surface area contributed by atoms with Crippen molar-refractivity contribution in [2.45, 2.75) is 33.1 Å². The van der Waals surface area contributed by atoms with E-state index in [0.717, 1.165) is 28.3 Å². The molecule has 0 radical (unpaired) electrons. The lowest BCUT2D eigenvalue weighted by atomic mass is 9.86. The maximum Gasteiger partial charge on any atom is 0.229 e. The molecule has 3 rings (SSSR count). The van der Waals surface area contributed by atoms with Crippen molar-refractivity contribution in [1.29, 1.82) is 5.26 Å². The van der Waals surface area contributed by atoms with Crippen molar-refractivity contribution in [1.82, 2.24) is 19.7 Å². The van der Waals surface area contributed by atoms with Gasteiger partial charge in [0.1, 0.15) is 11.6 Å². The topological polar surface area (TPSA) is 91.5 Å². The average Bonchev–Trinajstić information content (AvgIpc) is 2.88. The molecule has 0 aliphatic heterocycles. The summed E-state index contributed by atoms with van der Waals surface area (Å²) in [5, 5.41) is 20.3. The summed E-state index contributed by atoms with van der Waals surface area (Å²) < 4.78 is 1.80. The van der Waals surface area contributed by atoms with Gasteiger partial charge in [-0.25, -0.2) is 4.98 Å². The fraction of sp³-hybridized carbons (Fsp3) is 0.300.